The Kier molecular flexibility index (Phi) is 1.80. The molecule has 0 aliphatic carbocycles. The largest absolute Gasteiger partial charge is 0.327 e. The molecule has 0 spiro atoms. The van der Waals surface area contributed by atoms with E-state index >= 15 is 0 Å². The normalized spacial score (nSPS) is 25.9. The minimum absolute atomic E-state index is 0.220. The zero-order valence-corrected chi connectivity index (χ0v) is 9.27. The third kappa shape index (κ3) is 1.04. The fraction of sp³-hybridized carbons (Fsp3) is 0.333. The molecule has 2 atom stereocenters. The lowest BCUT2D eigenvalue weighted by atomic mass is 10.0. The minimum atomic E-state index is 0.220. The van der Waals surface area contributed by atoms with Gasteiger partial charge in [0.2, 0.25) is 0 Å². The van der Waals surface area contributed by atoms with Gasteiger partial charge in [0.25, 0.3) is 0 Å². The lowest BCUT2D eigenvalue weighted by Gasteiger charge is -2.24. The fourth-order valence-corrected chi connectivity index (χ4v) is 2.53. The van der Waals surface area contributed by atoms with Crippen molar-refractivity contribution in [3.05, 3.63) is 34.9 Å². The van der Waals surface area contributed by atoms with E-state index in [1.165, 1.54) is 5.56 Å². The Morgan fingerprint density at radius 1 is 1.44 bits per heavy atom. The Labute approximate surface area is 93.9 Å². The van der Waals surface area contributed by atoms with E-state index in [2.05, 4.69) is 29.3 Å². The molecule has 1 aromatic rings. The van der Waals surface area contributed by atoms with E-state index in [9.17, 15) is 4.79 Å². The monoisotopic (exact) mass is 215 g/mol. The summed E-state index contributed by atoms with van der Waals surface area (Å²) in [4.78, 5) is 13.0. The van der Waals surface area contributed by atoms with Crippen LogP contribution in [0.3, 0.4) is 0 Å². The van der Waals surface area contributed by atoms with Crippen molar-refractivity contribution in [1.29, 1.82) is 0 Å². The molecule has 0 saturated carbocycles. The molecular formula is C12H13N3O. The van der Waals surface area contributed by atoms with E-state index in [0.717, 1.165) is 23.2 Å². The number of carbonyl (C=O) groups is 1. The number of nitrogens with one attached hydrogen (secondary N) is 1. The van der Waals surface area contributed by atoms with E-state index in [0.29, 0.717) is 0 Å². The number of carbonyl (C=O) groups excluding carboxylic acids is 1. The van der Waals surface area contributed by atoms with Crippen LogP contribution in [0.5, 0.6) is 0 Å². The number of rotatable bonds is 1. The van der Waals surface area contributed by atoms with Crippen LogP contribution < -0.4 is 5.43 Å². The highest BCUT2D eigenvalue weighted by atomic mass is 16.1. The number of hydrogen-bond acceptors (Lipinski definition) is 4. The summed E-state index contributed by atoms with van der Waals surface area (Å²) in [6.07, 6.45) is 1.11. The molecule has 0 aromatic heterocycles. The van der Waals surface area contributed by atoms with E-state index in [1.54, 1.807) is 0 Å². The van der Waals surface area contributed by atoms with E-state index in [1.807, 2.05) is 18.2 Å². The van der Waals surface area contributed by atoms with Crippen LogP contribution in [0.4, 0.5) is 0 Å². The third-order valence-electron chi connectivity index (χ3n) is 3.34. The predicted octanol–water partition coefficient (Wildman–Crippen LogP) is 1.49. The van der Waals surface area contributed by atoms with Gasteiger partial charge in [-0.2, -0.15) is 5.10 Å². The smallest absolute Gasteiger partial charge is 0.158 e. The van der Waals surface area contributed by atoms with Gasteiger partial charge in [-0.1, -0.05) is 12.1 Å². The van der Waals surface area contributed by atoms with E-state index in [-0.39, 0.29) is 12.2 Å². The molecule has 1 N–H and O–H groups in total. The van der Waals surface area contributed by atoms with Gasteiger partial charge in [0.15, 0.2) is 5.84 Å². The highest BCUT2D eigenvalue weighted by Crippen LogP contribution is 2.36. The van der Waals surface area contributed by atoms with Gasteiger partial charge in [-0.05, 0) is 25.5 Å². The number of nitrogens with zero attached hydrogens (tertiary/aromatic N) is 2. The second-order valence-electron chi connectivity index (χ2n) is 4.29. The summed E-state index contributed by atoms with van der Waals surface area (Å²) < 4.78 is 0. The SMILES string of the molecule is CC1NN=C2c3ccc(C=O)cc3C(C)N21. The minimum Gasteiger partial charge on any atom is -0.327 e. The van der Waals surface area contributed by atoms with Gasteiger partial charge in [-0.15, -0.1) is 0 Å². The van der Waals surface area contributed by atoms with E-state index < -0.39 is 0 Å². The van der Waals surface area contributed by atoms with Crippen LogP contribution in [0.2, 0.25) is 0 Å². The summed E-state index contributed by atoms with van der Waals surface area (Å²) >= 11 is 0. The van der Waals surface area contributed by atoms with Crippen molar-refractivity contribution in [1.82, 2.24) is 10.3 Å². The average Bonchev–Trinajstić information content (AvgIpc) is 2.81. The third-order valence-corrected chi connectivity index (χ3v) is 3.34. The topological polar surface area (TPSA) is 44.7 Å². The molecule has 3 rings (SSSR count). The Balaban J connectivity index is 2.16. The molecule has 4 heteroatoms. The number of fused-ring (bicyclic) bond motifs is 3. The molecule has 16 heavy (non-hydrogen) atoms. The molecular weight excluding hydrogens is 202 g/mol. The van der Waals surface area contributed by atoms with Crippen LogP contribution in [0, 0.1) is 0 Å². The van der Waals surface area contributed by atoms with Crippen molar-refractivity contribution < 1.29 is 4.79 Å². The number of benzene rings is 1. The van der Waals surface area contributed by atoms with Gasteiger partial charge >= 0.3 is 0 Å². The van der Waals surface area contributed by atoms with Crippen molar-refractivity contribution in [3.8, 4) is 0 Å². The summed E-state index contributed by atoms with van der Waals surface area (Å²) in [6.45, 7) is 4.22. The first-order valence-electron chi connectivity index (χ1n) is 5.43. The average molecular weight is 215 g/mol. The second-order valence-corrected chi connectivity index (χ2v) is 4.29. The first-order valence-corrected chi connectivity index (χ1v) is 5.43. The van der Waals surface area contributed by atoms with Gasteiger partial charge in [-0.25, -0.2) is 0 Å². The molecule has 2 unspecified atom stereocenters. The lowest BCUT2D eigenvalue weighted by molar-refractivity contribution is 0.112. The molecule has 0 fully saturated rings. The second kappa shape index (κ2) is 3.07. The summed E-state index contributed by atoms with van der Waals surface area (Å²) in [5, 5.41) is 4.33. The maximum Gasteiger partial charge on any atom is 0.158 e. The van der Waals surface area contributed by atoms with E-state index in [4.69, 9.17) is 0 Å². The van der Waals surface area contributed by atoms with Crippen molar-refractivity contribution in [3.63, 3.8) is 0 Å². The Morgan fingerprint density at radius 3 is 3.00 bits per heavy atom. The summed E-state index contributed by atoms with van der Waals surface area (Å²) in [5.41, 5.74) is 6.12. The van der Waals surface area contributed by atoms with Crippen LogP contribution in [-0.2, 0) is 0 Å². The Bertz CT molecular complexity index is 495. The van der Waals surface area contributed by atoms with Gasteiger partial charge in [0.1, 0.15) is 12.5 Å². The van der Waals surface area contributed by atoms with Crippen molar-refractivity contribution in [2.45, 2.75) is 26.1 Å². The van der Waals surface area contributed by atoms with Gasteiger partial charge < -0.3 is 4.90 Å². The molecule has 4 nitrogen and oxygen atoms in total. The van der Waals surface area contributed by atoms with Crippen molar-refractivity contribution in [2.75, 3.05) is 0 Å². The summed E-state index contributed by atoms with van der Waals surface area (Å²) in [7, 11) is 0. The lowest BCUT2D eigenvalue weighted by Crippen LogP contribution is -2.35. The van der Waals surface area contributed by atoms with Crippen LogP contribution in [0.25, 0.3) is 0 Å². The highest BCUT2D eigenvalue weighted by molar-refractivity contribution is 6.04. The maximum absolute atomic E-state index is 10.8. The molecule has 0 radical (unpaired) electrons. The van der Waals surface area contributed by atoms with Crippen molar-refractivity contribution in [2.24, 2.45) is 5.10 Å². The molecule has 0 saturated heterocycles. The molecule has 0 amide bonds. The van der Waals surface area contributed by atoms with Gasteiger partial charge in [-0.3, -0.25) is 10.2 Å². The van der Waals surface area contributed by atoms with Crippen LogP contribution >= 0.6 is 0 Å². The number of hydrazone groups is 1. The molecule has 1 aromatic carbocycles. The molecule has 0 bridgehead atoms. The molecule has 2 aliphatic rings. The zero-order valence-electron chi connectivity index (χ0n) is 9.27. The first-order chi connectivity index (χ1) is 7.72. The van der Waals surface area contributed by atoms with Crippen molar-refractivity contribution >= 4 is 12.1 Å². The quantitative estimate of drug-likeness (QED) is 0.722. The number of amidine groups is 1. The van der Waals surface area contributed by atoms with Gasteiger partial charge in [0, 0.05) is 11.1 Å². The van der Waals surface area contributed by atoms with Crippen LogP contribution in [0.1, 0.15) is 41.4 Å². The zero-order chi connectivity index (χ0) is 11.3. The molecule has 82 valence electrons. The molecule has 2 heterocycles. The number of aldehydes is 1. The summed E-state index contributed by atoms with van der Waals surface area (Å²) in [6, 6.07) is 6.06. The Hall–Kier alpha value is -1.84. The predicted molar refractivity (Wildman–Crippen MR) is 61.2 cm³/mol. The number of hydrogen-bond donors (Lipinski definition) is 1. The molecule has 2 aliphatic heterocycles. The maximum atomic E-state index is 10.8. The standard InChI is InChI=1S/C12H13N3O/c1-7-11-5-9(6-16)3-4-10(11)12-14-13-8(2)15(7)12/h3-8,13H,1-2H3. The summed E-state index contributed by atoms with van der Waals surface area (Å²) in [5.74, 6) is 0.993. The van der Waals surface area contributed by atoms with Gasteiger partial charge in [0.05, 0.1) is 6.04 Å². The highest BCUT2D eigenvalue weighted by Gasteiger charge is 2.38. The van der Waals surface area contributed by atoms with Crippen LogP contribution in [0.15, 0.2) is 23.3 Å². The fourth-order valence-electron chi connectivity index (χ4n) is 2.53. The van der Waals surface area contributed by atoms with Crippen LogP contribution in [-0.4, -0.2) is 23.2 Å². The first kappa shape index (κ1) is 9.39. The Morgan fingerprint density at radius 2 is 2.25 bits per heavy atom.